The van der Waals surface area contributed by atoms with Crippen LogP contribution in [-0.2, 0) is 4.79 Å². The van der Waals surface area contributed by atoms with Crippen LogP contribution < -0.4 is 15.4 Å². The van der Waals surface area contributed by atoms with Crippen molar-refractivity contribution in [3.63, 3.8) is 0 Å². The summed E-state index contributed by atoms with van der Waals surface area (Å²) in [6.07, 6.45) is -0.645. The Morgan fingerprint density at radius 1 is 1.36 bits per heavy atom. The molecule has 1 aromatic heterocycles. The van der Waals surface area contributed by atoms with E-state index in [4.69, 9.17) is 4.74 Å². The van der Waals surface area contributed by atoms with Gasteiger partial charge in [-0.1, -0.05) is 6.07 Å². The van der Waals surface area contributed by atoms with E-state index in [0.717, 1.165) is 11.4 Å². The highest BCUT2D eigenvalue weighted by molar-refractivity contribution is 6.09. The van der Waals surface area contributed by atoms with E-state index in [1.165, 1.54) is 0 Å². The number of ether oxygens (including phenoxy) is 1. The second kappa shape index (κ2) is 6.23. The summed E-state index contributed by atoms with van der Waals surface area (Å²) >= 11 is 0. The summed E-state index contributed by atoms with van der Waals surface area (Å²) in [6, 6.07) is 5.30. The zero-order chi connectivity index (χ0) is 18.3. The Labute approximate surface area is 146 Å². The lowest BCUT2D eigenvalue weighted by Crippen LogP contribution is -2.35. The number of nitrogens with zero attached hydrogens (tertiary/aromatic N) is 2. The minimum absolute atomic E-state index is 0.202. The SMILES string of the molecule is Cc1nn(C(C)C)c(C)c1NC(=O)c1cccc2c1O[C@@H](C)C(=O)N2. The van der Waals surface area contributed by atoms with Gasteiger partial charge in [-0.3, -0.25) is 14.3 Å². The van der Waals surface area contributed by atoms with Crippen LogP contribution in [0.3, 0.4) is 0 Å². The third-order valence-corrected chi connectivity index (χ3v) is 4.23. The maximum absolute atomic E-state index is 12.8. The summed E-state index contributed by atoms with van der Waals surface area (Å²) in [5, 5.41) is 10.2. The van der Waals surface area contributed by atoms with Crippen LogP contribution in [0.4, 0.5) is 11.4 Å². The Morgan fingerprint density at radius 2 is 2.08 bits per heavy atom. The molecule has 2 amide bonds. The average Bonchev–Trinajstić information content (AvgIpc) is 2.83. The summed E-state index contributed by atoms with van der Waals surface area (Å²) < 4.78 is 7.52. The van der Waals surface area contributed by atoms with Crippen LogP contribution in [0.25, 0.3) is 0 Å². The molecule has 0 bridgehead atoms. The van der Waals surface area contributed by atoms with Crippen molar-refractivity contribution < 1.29 is 14.3 Å². The second-order valence-electron chi connectivity index (χ2n) is 6.47. The molecule has 7 heteroatoms. The number of anilines is 2. The van der Waals surface area contributed by atoms with Crippen molar-refractivity contribution in [2.24, 2.45) is 0 Å². The Morgan fingerprint density at radius 3 is 2.72 bits per heavy atom. The van der Waals surface area contributed by atoms with Crippen LogP contribution in [0.2, 0.25) is 0 Å². The van der Waals surface area contributed by atoms with E-state index in [9.17, 15) is 9.59 Å². The molecular weight excluding hydrogens is 320 g/mol. The average molecular weight is 342 g/mol. The number of fused-ring (bicyclic) bond motifs is 1. The minimum Gasteiger partial charge on any atom is -0.478 e. The van der Waals surface area contributed by atoms with Crippen LogP contribution in [-0.4, -0.2) is 27.7 Å². The molecule has 1 aromatic carbocycles. The maximum Gasteiger partial charge on any atom is 0.265 e. The van der Waals surface area contributed by atoms with E-state index in [1.807, 2.05) is 32.4 Å². The molecule has 2 aromatic rings. The fourth-order valence-electron chi connectivity index (χ4n) is 2.93. The largest absolute Gasteiger partial charge is 0.478 e. The lowest BCUT2D eigenvalue weighted by atomic mass is 10.1. The first kappa shape index (κ1) is 17.0. The van der Waals surface area contributed by atoms with Gasteiger partial charge >= 0.3 is 0 Å². The molecule has 0 saturated carbocycles. The summed E-state index contributed by atoms with van der Waals surface area (Å²) in [4.78, 5) is 24.6. The van der Waals surface area contributed by atoms with E-state index in [1.54, 1.807) is 25.1 Å². The number of benzene rings is 1. The van der Waals surface area contributed by atoms with Gasteiger partial charge in [-0.2, -0.15) is 5.10 Å². The number of hydrogen-bond acceptors (Lipinski definition) is 4. The van der Waals surface area contributed by atoms with Crippen LogP contribution in [0.5, 0.6) is 5.75 Å². The van der Waals surface area contributed by atoms with Crippen LogP contribution in [0, 0.1) is 13.8 Å². The molecule has 0 saturated heterocycles. The van der Waals surface area contributed by atoms with Gasteiger partial charge in [0.25, 0.3) is 11.8 Å². The highest BCUT2D eigenvalue weighted by Crippen LogP contribution is 2.34. The molecule has 3 rings (SSSR count). The normalized spacial score (nSPS) is 16.2. The van der Waals surface area contributed by atoms with Gasteiger partial charge in [0.15, 0.2) is 11.9 Å². The van der Waals surface area contributed by atoms with Crippen molar-refractivity contribution in [3.05, 3.63) is 35.2 Å². The van der Waals surface area contributed by atoms with Gasteiger partial charge in [-0.15, -0.1) is 0 Å². The van der Waals surface area contributed by atoms with E-state index >= 15 is 0 Å². The first-order chi connectivity index (χ1) is 11.8. The maximum atomic E-state index is 12.8. The van der Waals surface area contributed by atoms with E-state index in [-0.39, 0.29) is 17.9 Å². The summed E-state index contributed by atoms with van der Waals surface area (Å²) in [6.45, 7) is 9.51. The first-order valence-corrected chi connectivity index (χ1v) is 8.27. The molecule has 7 nitrogen and oxygen atoms in total. The summed E-state index contributed by atoms with van der Waals surface area (Å²) in [5.74, 6) is -0.136. The molecule has 25 heavy (non-hydrogen) atoms. The minimum atomic E-state index is -0.645. The molecule has 0 aliphatic carbocycles. The zero-order valence-corrected chi connectivity index (χ0v) is 15.0. The van der Waals surface area contributed by atoms with Gasteiger partial charge in [-0.05, 0) is 46.8 Å². The molecule has 2 heterocycles. The molecule has 0 radical (unpaired) electrons. The highest BCUT2D eigenvalue weighted by Gasteiger charge is 2.28. The van der Waals surface area contributed by atoms with Crippen LogP contribution in [0.1, 0.15) is 48.6 Å². The molecule has 132 valence electrons. The standard InChI is InChI=1S/C18H22N4O3/c1-9(2)22-11(4)15(10(3)21-22)20-18(24)13-7-6-8-14-16(13)25-12(5)17(23)19-14/h6-9,12H,1-5H3,(H,19,23)(H,20,24)/t12-/m0/s1. The van der Waals surface area contributed by atoms with E-state index in [2.05, 4.69) is 15.7 Å². The quantitative estimate of drug-likeness (QED) is 0.898. The number of nitrogens with one attached hydrogen (secondary N) is 2. The first-order valence-electron chi connectivity index (χ1n) is 8.27. The summed E-state index contributed by atoms with van der Waals surface area (Å²) in [5.41, 5.74) is 3.23. The number of para-hydroxylation sites is 1. The number of carbonyl (C=O) groups excluding carboxylic acids is 2. The summed E-state index contributed by atoms with van der Waals surface area (Å²) in [7, 11) is 0. The molecule has 0 fully saturated rings. The fraction of sp³-hybridized carbons (Fsp3) is 0.389. The van der Waals surface area contributed by atoms with Crippen molar-refractivity contribution in [1.29, 1.82) is 0 Å². The highest BCUT2D eigenvalue weighted by atomic mass is 16.5. The van der Waals surface area contributed by atoms with Gasteiger partial charge in [-0.25, -0.2) is 0 Å². The lowest BCUT2D eigenvalue weighted by molar-refractivity contribution is -0.122. The fourth-order valence-corrected chi connectivity index (χ4v) is 2.93. The molecular formula is C18H22N4O3. The Bertz CT molecular complexity index is 854. The van der Waals surface area contributed by atoms with Crippen molar-refractivity contribution >= 4 is 23.2 Å². The van der Waals surface area contributed by atoms with Gasteiger partial charge in [0.2, 0.25) is 0 Å². The van der Waals surface area contributed by atoms with Gasteiger partial charge in [0.05, 0.1) is 28.3 Å². The van der Waals surface area contributed by atoms with Crippen molar-refractivity contribution in [3.8, 4) is 5.75 Å². The molecule has 0 spiro atoms. The number of amides is 2. The Kier molecular flexibility index (Phi) is 4.24. The van der Waals surface area contributed by atoms with Gasteiger partial charge in [0, 0.05) is 6.04 Å². The predicted molar refractivity (Wildman–Crippen MR) is 95.2 cm³/mol. The Hall–Kier alpha value is -2.83. The van der Waals surface area contributed by atoms with Gasteiger partial charge in [0.1, 0.15) is 0 Å². The van der Waals surface area contributed by atoms with E-state index in [0.29, 0.717) is 22.7 Å². The van der Waals surface area contributed by atoms with Crippen molar-refractivity contribution in [2.75, 3.05) is 10.6 Å². The Balaban J connectivity index is 1.94. The number of carbonyl (C=O) groups is 2. The predicted octanol–water partition coefficient (Wildman–Crippen LogP) is 3.05. The smallest absolute Gasteiger partial charge is 0.265 e. The van der Waals surface area contributed by atoms with E-state index < -0.39 is 6.10 Å². The lowest BCUT2D eigenvalue weighted by Gasteiger charge is -2.25. The molecule has 0 unspecified atom stereocenters. The van der Waals surface area contributed by atoms with Crippen LogP contribution in [0.15, 0.2) is 18.2 Å². The monoisotopic (exact) mass is 342 g/mol. The molecule has 2 N–H and O–H groups in total. The molecule has 1 atom stereocenters. The second-order valence-corrected chi connectivity index (χ2v) is 6.47. The molecule has 1 aliphatic rings. The number of aromatic nitrogens is 2. The van der Waals surface area contributed by atoms with Crippen molar-refractivity contribution in [1.82, 2.24) is 9.78 Å². The molecule has 1 aliphatic heterocycles. The third-order valence-electron chi connectivity index (χ3n) is 4.23. The van der Waals surface area contributed by atoms with Gasteiger partial charge < -0.3 is 15.4 Å². The number of aryl methyl sites for hydroxylation is 1. The topological polar surface area (TPSA) is 85.2 Å². The van der Waals surface area contributed by atoms with Crippen LogP contribution >= 0.6 is 0 Å². The number of rotatable bonds is 3. The van der Waals surface area contributed by atoms with Crippen molar-refractivity contribution in [2.45, 2.75) is 46.8 Å². The number of hydrogen-bond donors (Lipinski definition) is 2. The third kappa shape index (κ3) is 2.97. The zero-order valence-electron chi connectivity index (χ0n) is 15.0.